The van der Waals surface area contributed by atoms with E-state index in [2.05, 4.69) is 57.1 Å². The highest BCUT2D eigenvalue weighted by atomic mass is 32.1. The van der Waals surface area contributed by atoms with Crippen molar-refractivity contribution < 1.29 is 57.6 Å². The molecule has 4 amide bonds. The van der Waals surface area contributed by atoms with Crippen molar-refractivity contribution in [2.45, 2.75) is 230 Å². The van der Waals surface area contributed by atoms with E-state index >= 15 is 0 Å². The van der Waals surface area contributed by atoms with E-state index in [1.807, 2.05) is 103 Å². The molecule has 482 valence electrons. The molecule has 0 aliphatic carbocycles. The Morgan fingerprint density at radius 2 is 1.46 bits per heavy atom. The highest BCUT2D eigenvalue weighted by Crippen LogP contribution is 2.31. The Bertz CT molecular complexity index is 2080. The van der Waals surface area contributed by atoms with Crippen LogP contribution in [0.15, 0.2) is 48.4 Å². The summed E-state index contributed by atoms with van der Waals surface area (Å²) in [5, 5.41) is 20.9. The Kier molecular flexibility index (Phi) is 44.7. The predicted octanol–water partition coefficient (Wildman–Crippen LogP) is 11.2. The highest BCUT2D eigenvalue weighted by Gasteiger charge is 2.32. The summed E-state index contributed by atoms with van der Waals surface area (Å²) in [6, 6.07) is 9.03. The second-order valence-electron chi connectivity index (χ2n) is 23.4. The van der Waals surface area contributed by atoms with Gasteiger partial charge in [0.15, 0.2) is 6.29 Å². The Balaban J connectivity index is 0.00000805. The van der Waals surface area contributed by atoms with Crippen molar-refractivity contribution >= 4 is 46.9 Å². The highest BCUT2D eigenvalue weighted by molar-refractivity contribution is 7.09. The number of rotatable bonds is 42. The summed E-state index contributed by atoms with van der Waals surface area (Å²) in [7, 11) is 1.90. The number of carbonyl (C=O) groups is 6. The molecule has 84 heavy (non-hydrogen) atoms. The van der Waals surface area contributed by atoms with E-state index in [0.717, 1.165) is 37.8 Å². The van der Waals surface area contributed by atoms with Gasteiger partial charge in [-0.15, -0.1) is 17.9 Å². The first-order chi connectivity index (χ1) is 39.9. The van der Waals surface area contributed by atoms with Gasteiger partial charge in [-0.1, -0.05) is 138 Å². The first kappa shape index (κ1) is 79.2. The number of amides is 4. The summed E-state index contributed by atoms with van der Waals surface area (Å²) in [5.74, 6) is -2.41. The number of carbonyl (C=O) groups excluding carboxylic acids is 6. The van der Waals surface area contributed by atoms with E-state index in [1.54, 1.807) is 18.4 Å². The Hall–Kier alpha value is -4.79. The maximum atomic E-state index is 14.0. The fourth-order valence-corrected chi connectivity index (χ4v) is 9.70. The number of hydrogen-bond donors (Lipinski definition) is 4. The number of aliphatic hydroxyl groups is 1. The number of unbranched alkanes of at least 4 members (excludes halogenated alkanes) is 3. The molecular formula is C65H114N6O12S. The molecule has 0 radical (unpaired) electrons. The van der Waals surface area contributed by atoms with Gasteiger partial charge in [0.2, 0.25) is 17.7 Å². The summed E-state index contributed by atoms with van der Waals surface area (Å²) in [6.07, 6.45) is 9.94. The van der Waals surface area contributed by atoms with E-state index < -0.39 is 42.4 Å². The van der Waals surface area contributed by atoms with Crippen molar-refractivity contribution in [1.82, 2.24) is 30.7 Å². The topological polar surface area (TPSA) is 224 Å². The number of thiazole rings is 1. The van der Waals surface area contributed by atoms with Crippen LogP contribution in [0.5, 0.6) is 0 Å². The van der Waals surface area contributed by atoms with Crippen LogP contribution >= 0.6 is 11.3 Å². The van der Waals surface area contributed by atoms with E-state index in [4.69, 9.17) is 28.7 Å². The quantitative estimate of drug-likeness (QED) is 0.0210. The van der Waals surface area contributed by atoms with E-state index in [9.17, 15) is 33.9 Å². The number of aliphatic hydroxyl groups excluding tert-OH is 1. The number of aromatic nitrogens is 1. The van der Waals surface area contributed by atoms with Crippen molar-refractivity contribution in [3.63, 3.8) is 0 Å². The number of benzene rings is 1. The van der Waals surface area contributed by atoms with Gasteiger partial charge in [-0.25, -0.2) is 4.98 Å². The molecule has 0 saturated heterocycles. The standard InChI is InChI=1S/C57H96N6O12S.C5H12.C3H6/c1-13-16-28-62(12)36-50(66)59-35-51(67)63(27-14-2)47(40(4)5)33-48(71-29-15-3)55-61-46(39-76-55)54(69)60-44(32-43-22-18-17-19-23-43)31-42(8)56(70)72-30-21-26-58-49(65)24-20-25-52(68)73-38-53(74-41(6)7)75-45(37-64)34-57(9,10)11;1-3-5-4-2;1-3-2/h17-19,22-23,39-42,44-45,47-48,53,64H,13-16,20-21,24-38H2,1-12H3,(H,58,65)(H,59,66)(H,60,69);3-5H2,1-2H3;3H,1H2,2H3/t42-,44+,45?,47?,48+,53?;;/m0../s1. The molecule has 3 unspecified atom stereocenters. The SMILES string of the molecule is C=CC.CCCCC.CCCCN(C)CC(=O)NCC(=O)N(CCC)C(C[C@@H](OCCC)c1nc(C(=O)N[C@@H](Cc2ccccc2)C[C@H](C)C(=O)OCCCNC(=O)CCCC(=O)OCC(OC(C)C)OC(CO)CC(C)(C)C)cs1)C(C)C. The van der Waals surface area contributed by atoms with Crippen LogP contribution in [0.25, 0.3) is 0 Å². The van der Waals surface area contributed by atoms with Gasteiger partial charge >= 0.3 is 11.9 Å². The fraction of sp³-hybridized carbons (Fsp3) is 0.738. The smallest absolute Gasteiger partial charge is 0.308 e. The van der Waals surface area contributed by atoms with Crippen LogP contribution in [-0.2, 0) is 54.1 Å². The molecule has 0 aliphatic rings. The van der Waals surface area contributed by atoms with Crippen LogP contribution in [0.4, 0.5) is 0 Å². The summed E-state index contributed by atoms with van der Waals surface area (Å²) in [6.45, 7) is 33.5. The molecule has 0 saturated carbocycles. The normalized spacial score (nSPS) is 13.5. The van der Waals surface area contributed by atoms with E-state index in [0.29, 0.717) is 50.3 Å². The maximum Gasteiger partial charge on any atom is 0.308 e. The van der Waals surface area contributed by atoms with Gasteiger partial charge in [-0.05, 0) is 103 Å². The van der Waals surface area contributed by atoms with Crippen molar-refractivity contribution in [1.29, 1.82) is 0 Å². The minimum absolute atomic E-state index is 0.0254. The lowest BCUT2D eigenvalue weighted by Gasteiger charge is -2.36. The molecule has 1 aromatic carbocycles. The van der Waals surface area contributed by atoms with Gasteiger partial charge in [0.25, 0.3) is 5.91 Å². The average Bonchev–Trinajstić information content (AvgIpc) is 4.16. The van der Waals surface area contributed by atoms with Crippen LogP contribution in [0.2, 0.25) is 0 Å². The average molecular weight is 1200 g/mol. The lowest BCUT2D eigenvalue weighted by Crippen LogP contribution is -2.49. The second-order valence-corrected chi connectivity index (χ2v) is 24.3. The largest absolute Gasteiger partial charge is 0.465 e. The molecule has 0 bridgehead atoms. The van der Waals surface area contributed by atoms with Gasteiger partial charge in [-0.3, -0.25) is 33.7 Å². The number of nitrogens with zero attached hydrogens (tertiary/aromatic N) is 3. The zero-order valence-electron chi connectivity index (χ0n) is 54.5. The molecule has 4 N–H and O–H groups in total. The number of likely N-dealkylation sites (N-methyl/N-ethyl adjacent to an activating group) is 1. The third kappa shape index (κ3) is 38.3. The lowest BCUT2D eigenvalue weighted by atomic mass is 9.89. The van der Waals surface area contributed by atoms with Crippen LogP contribution in [0.1, 0.15) is 214 Å². The molecular weight excluding hydrogens is 1090 g/mol. The minimum Gasteiger partial charge on any atom is -0.465 e. The lowest BCUT2D eigenvalue weighted by molar-refractivity contribution is -0.220. The Labute approximate surface area is 511 Å². The molecule has 0 spiro atoms. The molecule has 19 heteroatoms. The van der Waals surface area contributed by atoms with Crippen molar-refractivity contribution in [3.8, 4) is 0 Å². The zero-order chi connectivity index (χ0) is 63.5. The van der Waals surface area contributed by atoms with Crippen LogP contribution < -0.4 is 16.0 Å². The van der Waals surface area contributed by atoms with E-state index in [-0.39, 0.29) is 112 Å². The molecule has 0 fully saturated rings. The monoisotopic (exact) mass is 1200 g/mol. The molecule has 2 rings (SSSR count). The third-order valence-corrected chi connectivity index (χ3v) is 13.9. The van der Waals surface area contributed by atoms with Gasteiger partial charge in [0.05, 0.1) is 44.4 Å². The van der Waals surface area contributed by atoms with Crippen LogP contribution in [0.3, 0.4) is 0 Å². The minimum atomic E-state index is -0.838. The summed E-state index contributed by atoms with van der Waals surface area (Å²) < 4.78 is 29.1. The van der Waals surface area contributed by atoms with Gasteiger partial charge in [0, 0.05) is 56.4 Å². The summed E-state index contributed by atoms with van der Waals surface area (Å²) in [5.41, 5.74) is 1.12. The second kappa shape index (κ2) is 47.4. The number of nitrogens with one attached hydrogen (secondary N) is 3. The molecule has 0 aliphatic heterocycles. The van der Waals surface area contributed by atoms with Gasteiger partial charge in [-0.2, -0.15) is 0 Å². The number of hydrogen-bond acceptors (Lipinski definition) is 15. The molecule has 18 nitrogen and oxygen atoms in total. The first-order valence-corrected chi connectivity index (χ1v) is 32.0. The van der Waals surface area contributed by atoms with Crippen LogP contribution in [-0.4, -0.2) is 152 Å². The molecule has 1 aromatic heterocycles. The third-order valence-electron chi connectivity index (χ3n) is 13.0. The number of esters is 2. The molecule has 6 atom stereocenters. The zero-order valence-corrected chi connectivity index (χ0v) is 55.3. The Morgan fingerprint density at radius 1 is 0.798 bits per heavy atom. The molecule has 2 aromatic rings. The first-order valence-electron chi connectivity index (χ1n) is 31.2. The summed E-state index contributed by atoms with van der Waals surface area (Å²) in [4.78, 5) is 87.4. The summed E-state index contributed by atoms with van der Waals surface area (Å²) >= 11 is 1.33. The van der Waals surface area contributed by atoms with Crippen molar-refractivity contribution in [2.75, 3.05) is 66.2 Å². The maximum absolute atomic E-state index is 14.0. The fourth-order valence-electron chi connectivity index (χ4n) is 8.84. The molecule has 1 heterocycles. The van der Waals surface area contributed by atoms with Gasteiger partial charge in [0.1, 0.15) is 23.4 Å². The van der Waals surface area contributed by atoms with Gasteiger partial charge < -0.3 is 49.6 Å². The Morgan fingerprint density at radius 3 is 2.04 bits per heavy atom. The van der Waals surface area contributed by atoms with Crippen molar-refractivity contribution in [2.24, 2.45) is 17.3 Å². The number of allylic oxidation sites excluding steroid dienone is 1. The predicted molar refractivity (Wildman–Crippen MR) is 337 cm³/mol. The van der Waals surface area contributed by atoms with Crippen LogP contribution in [0, 0.1) is 17.3 Å². The van der Waals surface area contributed by atoms with Crippen molar-refractivity contribution in [3.05, 3.63) is 64.6 Å². The number of ether oxygens (including phenoxy) is 5. The van der Waals surface area contributed by atoms with E-state index in [1.165, 1.54) is 30.6 Å².